The van der Waals surface area contributed by atoms with E-state index in [2.05, 4.69) is 9.72 Å². The van der Waals surface area contributed by atoms with Gasteiger partial charge >= 0.3 is 11.9 Å². The summed E-state index contributed by atoms with van der Waals surface area (Å²) >= 11 is 0.802. The number of nitrogens with zero attached hydrogens (tertiary/aromatic N) is 1. The highest BCUT2D eigenvalue weighted by molar-refractivity contribution is 7.17. The predicted octanol–water partition coefficient (Wildman–Crippen LogP) is 0.600. The number of ether oxygens (including phenoxy) is 1. The van der Waals surface area contributed by atoms with Gasteiger partial charge in [0.15, 0.2) is 10.8 Å². The van der Waals surface area contributed by atoms with Gasteiger partial charge in [-0.05, 0) is 6.92 Å². The fourth-order valence-electron chi connectivity index (χ4n) is 0.817. The zero-order chi connectivity index (χ0) is 10.7. The Bertz CT molecular complexity index is 374. The first-order valence-electron chi connectivity index (χ1n) is 3.73. The normalized spacial score (nSPS) is 9.79. The van der Waals surface area contributed by atoms with Crippen LogP contribution in [0.4, 0.5) is 5.13 Å². The zero-order valence-electron chi connectivity index (χ0n) is 7.31. The summed E-state index contributed by atoms with van der Waals surface area (Å²) in [7, 11) is 0. The van der Waals surface area contributed by atoms with E-state index in [-0.39, 0.29) is 22.3 Å². The van der Waals surface area contributed by atoms with Crippen molar-refractivity contribution in [2.45, 2.75) is 6.92 Å². The van der Waals surface area contributed by atoms with Gasteiger partial charge in [-0.25, -0.2) is 14.6 Å². The summed E-state index contributed by atoms with van der Waals surface area (Å²) in [5.74, 6) is -2.00. The summed E-state index contributed by atoms with van der Waals surface area (Å²) in [6.07, 6.45) is 0. The maximum absolute atomic E-state index is 11.2. The summed E-state index contributed by atoms with van der Waals surface area (Å²) in [5.41, 5.74) is 4.93. The molecule has 0 radical (unpaired) electrons. The Labute approximate surface area is 83.3 Å². The third-order valence-corrected chi connectivity index (χ3v) is 2.17. The molecular weight excluding hydrogens is 208 g/mol. The molecule has 0 spiro atoms. The topological polar surface area (TPSA) is 103 Å². The van der Waals surface area contributed by atoms with Crippen molar-refractivity contribution in [2.75, 3.05) is 12.3 Å². The van der Waals surface area contributed by atoms with Crippen LogP contribution in [0.5, 0.6) is 0 Å². The largest absolute Gasteiger partial charge is 0.476 e. The van der Waals surface area contributed by atoms with Crippen molar-refractivity contribution in [1.29, 1.82) is 0 Å². The molecule has 14 heavy (non-hydrogen) atoms. The molecule has 76 valence electrons. The lowest BCUT2D eigenvalue weighted by atomic mass is 10.3. The maximum Gasteiger partial charge on any atom is 0.356 e. The van der Waals surface area contributed by atoms with E-state index < -0.39 is 11.9 Å². The molecule has 0 atom stereocenters. The second-order valence-corrected chi connectivity index (χ2v) is 3.29. The molecule has 1 aromatic rings. The molecule has 0 unspecified atom stereocenters. The molecule has 0 saturated heterocycles. The summed E-state index contributed by atoms with van der Waals surface area (Å²) in [6.45, 7) is 1.80. The predicted molar refractivity (Wildman–Crippen MR) is 49.4 cm³/mol. The quantitative estimate of drug-likeness (QED) is 0.717. The van der Waals surface area contributed by atoms with Crippen LogP contribution in [0.15, 0.2) is 0 Å². The van der Waals surface area contributed by atoms with E-state index in [1.54, 1.807) is 6.92 Å². The Morgan fingerprint density at radius 3 is 2.79 bits per heavy atom. The van der Waals surface area contributed by atoms with E-state index in [1.807, 2.05) is 0 Å². The highest BCUT2D eigenvalue weighted by atomic mass is 32.1. The number of carboxylic acids is 1. The van der Waals surface area contributed by atoms with Gasteiger partial charge in [-0.2, -0.15) is 0 Å². The number of rotatable bonds is 3. The number of carboxylic acid groups (broad SMARTS) is 1. The third-order valence-electron chi connectivity index (χ3n) is 1.31. The maximum atomic E-state index is 11.2. The van der Waals surface area contributed by atoms with Crippen LogP contribution in [-0.4, -0.2) is 28.6 Å². The van der Waals surface area contributed by atoms with Crippen molar-refractivity contribution in [3.05, 3.63) is 10.6 Å². The highest BCUT2D eigenvalue weighted by Crippen LogP contribution is 2.21. The van der Waals surface area contributed by atoms with Gasteiger partial charge in [-0.3, -0.25) is 0 Å². The Kier molecular flexibility index (Phi) is 3.03. The minimum atomic E-state index is -1.29. The van der Waals surface area contributed by atoms with Crippen LogP contribution in [0.1, 0.15) is 27.1 Å². The van der Waals surface area contributed by atoms with Crippen LogP contribution in [0.3, 0.4) is 0 Å². The minimum Gasteiger partial charge on any atom is -0.476 e. The van der Waals surface area contributed by atoms with Gasteiger partial charge in [0.05, 0.1) is 6.61 Å². The first-order chi connectivity index (χ1) is 6.56. The van der Waals surface area contributed by atoms with Crippen LogP contribution < -0.4 is 5.73 Å². The van der Waals surface area contributed by atoms with Crippen LogP contribution in [0.25, 0.3) is 0 Å². The lowest BCUT2D eigenvalue weighted by molar-refractivity contribution is 0.0519. The van der Waals surface area contributed by atoms with E-state index in [4.69, 9.17) is 10.8 Å². The second-order valence-electron chi connectivity index (χ2n) is 2.26. The summed E-state index contributed by atoms with van der Waals surface area (Å²) in [4.78, 5) is 25.3. The van der Waals surface area contributed by atoms with Crippen molar-refractivity contribution in [3.8, 4) is 0 Å². The number of aromatic carboxylic acids is 1. The number of carbonyl (C=O) groups excluding carboxylic acids is 1. The second kappa shape index (κ2) is 4.05. The van der Waals surface area contributed by atoms with Crippen LogP contribution in [0, 0.1) is 0 Å². The summed E-state index contributed by atoms with van der Waals surface area (Å²) < 4.78 is 4.64. The van der Waals surface area contributed by atoms with Crippen LogP contribution >= 0.6 is 11.3 Å². The molecule has 0 aliphatic carbocycles. The Balaban J connectivity index is 3.06. The van der Waals surface area contributed by atoms with Gasteiger partial charge < -0.3 is 15.6 Å². The number of hydrogen-bond donors (Lipinski definition) is 2. The number of aromatic nitrogens is 1. The smallest absolute Gasteiger partial charge is 0.356 e. The molecule has 0 bridgehead atoms. The fraction of sp³-hybridized carbons (Fsp3) is 0.286. The molecule has 0 saturated carbocycles. The average Bonchev–Trinajstić information content (AvgIpc) is 2.48. The monoisotopic (exact) mass is 216 g/mol. The molecular formula is C7H8N2O4S. The van der Waals surface area contributed by atoms with Gasteiger partial charge in [-0.1, -0.05) is 11.3 Å². The first-order valence-corrected chi connectivity index (χ1v) is 4.54. The summed E-state index contributed by atoms with van der Waals surface area (Å²) in [5, 5.41) is 8.71. The number of anilines is 1. The Morgan fingerprint density at radius 1 is 1.64 bits per heavy atom. The number of thiazole rings is 1. The van der Waals surface area contributed by atoms with Gasteiger partial charge in [0, 0.05) is 0 Å². The Morgan fingerprint density at radius 2 is 2.29 bits per heavy atom. The minimum absolute atomic E-state index is 0.0328. The van der Waals surface area contributed by atoms with Gasteiger partial charge in [0.2, 0.25) is 0 Å². The number of nitrogens with two attached hydrogens (primary N) is 1. The van der Waals surface area contributed by atoms with Gasteiger partial charge in [0.25, 0.3) is 0 Å². The van der Waals surface area contributed by atoms with E-state index in [0.717, 1.165) is 11.3 Å². The van der Waals surface area contributed by atoms with E-state index in [1.165, 1.54) is 0 Å². The number of esters is 1. The molecule has 3 N–H and O–H groups in total. The van der Waals surface area contributed by atoms with E-state index in [9.17, 15) is 9.59 Å². The molecule has 6 nitrogen and oxygen atoms in total. The fourth-order valence-corrected chi connectivity index (χ4v) is 1.53. The standard InChI is InChI=1S/C7H8N2O4S/c1-2-13-6(12)4-3(5(10)11)9-7(8)14-4/h2H2,1H3,(H2,8,9)(H,10,11). The van der Waals surface area contributed by atoms with Crippen molar-refractivity contribution in [3.63, 3.8) is 0 Å². The third kappa shape index (κ3) is 1.99. The van der Waals surface area contributed by atoms with Crippen molar-refractivity contribution >= 4 is 28.4 Å². The summed E-state index contributed by atoms with van der Waals surface area (Å²) in [6, 6.07) is 0. The molecule has 7 heteroatoms. The van der Waals surface area contributed by atoms with E-state index in [0.29, 0.717) is 0 Å². The molecule has 1 heterocycles. The molecule has 0 aliphatic heterocycles. The van der Waals surface area contributed by atoms with Gasteiger partial charge in [-0.15, -0.1) is 0 Å². The highest BCUT2D eigenvalue weighted by Gasteiger charge is 2.22. The molecule has 1 aromatic heterocycles. The SMILES string of the molecule is CCOC(=O)c1sc(N)nc1C(=O)O. The van der Waals surface area contributed by atoms with Gasteiger partial charge in [0.1, 0.15) is 4.88 Å². The number of carbonyl (C=O) groups is 2. The number of nitrogen functional groups attached to an aromatic ring is 1. The first kappa shape index (κ1) is 10.5. The molecule has 0 aromatic carbocycles. The van der Waals surface area contributed by atoms with Crippen molar-refractivity contribution in [1.82, 2.24) is 4.98 Å². The molecule has 0 fully saturated rings. The average molecular weight is 216 g/mol. The lowest BCUT2D eigenvalue weighted by Gasteiger charge is -1.97. The van der Waals surface area contributed by atoms with E-state index >= 15 is 0 Å². The number of hydrogen-bond acceptors (Lipinski definition) is 6. The molecule has 0 aliphatic rings. The van der Waals surface area contributed by atoms with Crippen LogP contribution in [-0.2, 0) is 4.74 Å². The van der Waals surface area contributed by atoms with Crippen molar-refractivity contribution < 1.29 is 19.4 Å². The lowest BCUT2D eigenvalue weighted by Crippen LogP contribution is -2.09. The molecule has 1 rings (SSSR count). The zero-order valence-corrected chi connectivity index (χ0v) is 8.13. The van der Waals surface area contributed by atoms with Crippen molar-refractivity contribution in [2.24, 2.45) is 0 Å². The van der Waals surface area contributed by atoms with Crippen LogP contribution in [0.2, 0.25) is 0 Å². The Hall–Kier alpha value is -1.63. The molecule has 0 amide bonds.